The maximum absolute atomic E-state index is 14.7. The van der Waals surface area contributed by atoms with Gasteiger partial charge in [-0.15, -0.1) is 0 Å². The Labute approximate surface area is 292 Å². The number of benzene rings is 3. The number of hydrogen-bond donors (Lipinski definition) is 3. The van der Waals surface area contributed by atoms with Crippen molar-refractivity contribution < 1.29 is 39.0 Å². The van der Waals surface area contributed by atoms with Crippen LogP contribution in [0.1, 0.15) is 43.4 Å². The van der Waals surface area contributed by atoms with Crippen LogP contribution < -0.4 is 5.32 Å². The van der Waals surface area contributed by atoms with Gasteiger partial charge in [0, 0.05) is 32.4 Å². The molecule has 3 N–H and O–H groups in total. The average Bonchev–Trinajstić information content (AvgIpc) is 3.11. The van der Waals surface area contributed by atoms with E-state index in [2.05, 4.69) is 5.32 Å². The summed E-state index contributed by atoms with van der Waals surface area (Å²) in [7, 11) is 0. The molecule has 50 heavy (non-hydrogen) atoms. The van der Waals surface area contributed by atoms with E-state index in [0.29, 0.717) is 18.4 Å². The van der Waals surface area contributed by atoms with E-state index in [0.717, 1.165) is 16.2 Å². The molecule has 2 aliphatic heterocycles. The van der Waals surface area contributed by atoms with Crippen molar-refractivity contribution in [3.8, 4) is 5.75 Å². The molecular weight excluding hydrogens is 640 g/mol. The van der Waals surface area contributed by atoms with Crippen molar-refractivity contribution in [2.75, 3.05) is 26.3 Å². The van der Waals surface area contributed by atoms with Crippen LogP contribution in [0.3, 0.4) is 0 Å². The molecule has 5 rings (SSSR count). The number of nitrogens with zero attached hydrogens (tertiary/aromatic N) is 3. The van der Waals surface area contributed by atoms with Crippen LogP contribution in [-0.2, 0) is 43.2 Å². The summed E-state index contributed by atoms with van der Waals surface area (Å²) in [6.45, 7) is 4.03. The largest absolute Gasteiger partial charge is 0.508 e. The summed E-state index contributed by atoms with van der Waals surface area (Å²) >= 11 is 0. The summed E-state index contributed by atoms with van der Waals surface area (Å²) < 4.78 is 5.66. The van der Waals surface area contributed by atoms with E-state index >= 15 is 0 Å². The predicted octanol–water partition coefficient (Wildman–Crippen LogP) is 3.45. The molecule has 0 bridgehead atoms. The third-order valence-electron chi connectivity index (χ3n) is 8.94. The number of aliphatic hydroxyl groups is 1. The minimum Gasteiger partial charge on any atom is -0.508 e. The fourth-order valence-corrected chi connectivity index (χ4v) is 6.25. The summed E-state index contributed by atoms with van der Waals surface area (Å²) in [5, 5.41) is 23.2. The van der Waals surface area contributed by atoms with E-state index in [4.69, 9.17) is 9.57 Å². The van der Waals surface area contributed by atoms with Crippen molar-refractivity contribution in [2.45, 2.75) is 70.3 Å². The van der Waals surface area contributed by atoms with Gasteiger partial charge in [-0.3, -0.25) is 19.2 Å². The standard InChI is InChI=1S/C38H46N4O8/c1-26(2)18-21-49-38(48)42-34-25-40(31(35(45)39-19-9-20-43)22-27-10-5-3-6-11-27)36(46)32(23-29-14-16-30(44)17-15-29)41(34)37(47)33(50-42)24-28-12-7-4-8-13-28/h3-8,10-17,26,31-34,43-44H,9,18-25H2,1-2H3,(H,39,45)/t31-,32-,33+,34?/m0/s1. The van der Waals surface area contributed by atoms with Gasteiger partial charge < -0.3 is 30.1 Å². The molecule has 0 spiro atoms. The number of rotatable bonds is 14. The molecule has 4 atom stereocenters. The van der Waals surface area contributed by atoms with E-state index in [1.807, 2.05) is 74.5 Å². The molecule has 12 heteroatoms. The Kier molecular flexibility index (Phi) is 12.5. The Balaban J connectivity index is 1.56. The zero-order valence-electron chi connectivity index (χ0n) is 28.5. The van der Waals surface area contributed by atoms with Crippen molar-refractivity contribution in [2.24, 2.45) is 5.92 Å². The van der Waals surface area contributed by atoms with Gasteiger partial charge in [-0.25, -0.2) is 4.79 Å². The van der Waals surface area contributed by atoms with E-state index in [9.17, 15) is 29.4 Å². The number of ether oxygens (including phenoxy) is 1. The number of phenolic OH excluding ortho intramolecular Hbond substituents is 1. The lowest BCUT2D eigenvalue weighted by Crippen LogP contribution is -2.75. The van der Waals surface area contributed by atoms with Crippen molar-refractivity contribution in [3.63, 3.8) is 0 Å². The third-order valence-corrected chi connectivity index (χ3v) is 8.94. The van der Waals surface area contributed by atoms with Crippen LogP contribution in [0.4, 0.5) is 4.79 Å². The van der Waals surface area contributed by atoms with Gasteiger partial charge in [0.25, 0.3) is 5.91 Å². The molecule has 0 aromatic heterocycles. The molecule has 0 radical (unpaired) electrons. The van der Waals surface area contributed by atoms with Crippen LogP contribution >= 0.6 is 0 Å². The Morgan fingerprint density at radius 1 is 0.900 bits per heavy atom. The predicted molar refractivity (Wildman–Crippen MR) is 184 cm³/mol. The first kappa shape index (κ1) is 36.3. The van der Waals surface area contributed by atoms with E-state index in [1.165, 1.54) is 21.9 Å². The van der Waals surface area contributed by atoms with Crippen LogP contribution in [0.5, 0.6) is 5.75 Å². The minimum atomic E-state index is -1.13. The topological polar surface area (TPSA) is 149 Å². The van der Waals surface area contributed by atoms with E-state index in [1.54, 1.807) is 12.1 Å². The molecular formula is C38H46N4O8. The van der Waals surface area contributed by atoms with E-state index < -0.39 is 48.2 Å². The molecule has 2 heterocycles. The first-order valence-corrected chi connectivity index (χ1v) is 17.2. The Bertz CT molecular complexity index is 1590. The molecule has 0 aliphatic carbocycles. The minimum absolute atomic E-state index is 0.0476. The molecule has 3 aromatic carbocycles. The molecule has 12 nitrogen and oxygen atoms in total. The highest BCUT2D eigenvalue weighted by Gasteiger charge is 2.55. The second-order valence-corrected chi connectivity index (χ2v) is 13.1. The number of piperazine rings is 1. The lowest BCUT2D eigenvalue weighted by molar-refractivity contribution is -0.267. The van der Waals surface area contributed by atoms with Crippen LogP contribution in [0.25, 0.3) is 0 Å². The summed E-state index contributed by atoms with van der Waals surface area (Å²) in [4.78, 5) is 65.8. The summed E-state index contributed by atoms with van der Waals surface area (Å²) in [5.41, 5.74) is 2.28. The Hall–Kier alpha value is -4.94. The monoisotopic (exact) mass is 686 g/mol. The van der Waals surface area contributed by atoms with Crippen molar-refractivity contribution in [1.82, 2.24) is 20.2 Å². The zero-order chi connectivity index (χ0) is 35.6. The maximum Gasteiger partial charge on any atom is 0.436 e. The molecule has 2 aliphatic rings. The number of carbonyl (C=O) groups excluding carboxylic acids is 4. The number of hydrogen-bond acceptors (Lipinski definition) is 8. The van der Waals surface area contributed by atoms with Gasteiger partial charge in [0.2, 0.25) is 11.8 Å². The first-order chi connectivity index (χ1) is 24.2. The highest BCUT2D eigenvalue weighted by atomic mass is 16.7. The normalized spacial score (nSPS) is 19.7. The highest BCUT2D eigenvalue weighted by Crippen LogP contribution is 2.32. The van der Waals surface area contributed by atoms with Gasteiger partial charge in [0.15, 0.2) is 12.3 Å². The number of phenols is 1. The summed E-state index contributed by atoms with van der Waals surface area (Å²) in [5.74, 6) is -1.03. The Morgan fingerprint density at radius 3 is 2.18 bits per heavy atom. The fraction of sp³-hybridized carbons (Fsp3) is 0.421. The van der Waals surface area contributed by atoms with Crippen molar-refractivity contribution in [3.05, 3.63) is 102 Å². The lowest BCUT2D eigenvalue weighted by Gasteiger charge is -2.53. The number of carbonyl (C=O) groups is 4. The van der Waals surface area contributed by atoms with Crippen LogP contribution in [-0.4, -0.2) is 99.5 Å². The zero-order valence-corrected chi connectivity index (χ0v) is 28.5. The summed E-state index contributed by atoms with van der Waals surface area (Å²) in [6, 6.07) is 22.8. The second-order valence-electron chi connectivity index (χ2n) is 13.1. The third kappa shape index (κ3) is 8.99. The molecule has 3 aromatic rings. The maximum atomic E-state index is 14.7. The SMILES string of the molecule is CC(C)CCOC(=O)N1O[C@H](Cc2ccccc2)C(=O)N2C1CN([C@@H](Cc1ccccc1)C(=O)NCCCO)C(=O)[C@@H]2Cc1ccc(O)cc1. The van der Waals surface area contributed by atoms with Gasteiger partial charge in [0.1, 0.15) is 17.8 Å². The fourth-order valence-electron chi connectivity index (χ4n) is 6.25. The number of aromatic hydroxyl groups is 1. The molecule has 1 unspecified atom stereocenters. The van der Waals surface area contributed by atoms with Crippen LogP contribution in [0.15, 0.2) is 84.9 Å². The highest BCUT2D eigenvalue weighted by molar-refractivity contribution is 5.95. The number of nitrogens with one attached hydrogen (secondary N) is 1. The van der Waals surface area contributed by atoms with Crippen LogP contribution in [0, 0.1) is 5.92 Å². The molecule has 2 saturated heterocycles. The van der Waals surface area contributed by atoms with E-state index in [-0.39, 0.29) is 57.2 Å². The molecule has 4 amide bonds. The smallest absolute Gasteiger partial charge is 0.436 e. The van der Waals surface area contributed by atoms with Gasteiger partial charge in [-0.05, 0) is 47.6 Å². The molecule has 0 saturated carbocycles. The average molecular weight is 687 g/mol. The van der Waals surface area contributed by atoms with Crippen LogP contribution in [0.2, 0.25) is 0 Å². The van der Waals surface area contributed by atoms with Crippen molar-refractivity contribution in [1.29, 1.82) is 0 Å². The van der Waals surface area contributed by atoms with Gasteiger partial charge >= 0.3 is 6.09 Å². The first-order valence-electron chi connectivity index (χ1n) is 17.2. The lowest BCUT2D eigenvalue weighted by atomic mass is 9.94. The summed E-state index contributed by atoms with van der Waals surface area (Å²) in [6.07, 6.45) is -1.72. The number of fused-ring (bicyclic) bond motifs is 1. The Morgan fingerprint density at radius 2 is 1.54 bits per heavy atom. The number of aliphatic hydroxyl groups excluding tert-OH is 1. The number of hydroxylamine groups is 2. The second kappa shape index (κ2) is 17.1. The van der Waals surface area contributed by atoms with Gasteiger partial charge in [-0.1, -0.05) is 86.6 Å². The molecule has 2 fully saturated rings. The quantitative estimate of drug-likeness (QED) is 0.219. The van der Waals surface area contributed by atoms with Crippen molar-refractivity contribution >= 4 is 23.8 Å². The van der Waals surface area contributed by atoms with Gasteiger partial charge in [0.05, 0.1) is 13.2 Å². The number of amides is 4. The van der Waals surface area contributed by atoms with Gasteiger partial charge in [-0.2, -0.15) is 5.06 Å². The molecule has 266 valence electrons.